The molecule has 1 fully saturated rings. The molecule has 2 amide bonds. The average Bonchev–Trinajstić information content (AvgIpc) is 2.45. The number of hydrogen-bond donors (Lipinski definition) is 3. The standard InChI is InChI=1S/C14H26N2O3S/c1-3-11(9-20-2)15-14(19)16-12(13(17)18)10-7-5-4-6-8-10/h10-12H,3-9H2,1-2H3,(H,17,18)(H2,15,16,19). The average molecular weight is 302 g/mol. The van der Waals surface area contributed by atoms with Crippen LogP contribution in [0.5, 0.6) is 0 Å². The van der Waals surface area contributed by atoms with Crippen LogP contribution in [0.25, 0.3) is 0 Å². The van der Waals surface area contributed by atoms with Crippen molar-refractivity contribution >= 4 is 23.8 Å². The van der Waals surface area contributed by atoms with Gasteiger partial charge in [0, 0.05) is 11.8 Å². The second-order valence-electron chi connectivity index (χ2n) is 5.39. The van der Waals surface area contributed by atoms with Crippen LogP contribution in [0.3, 0.4) is 0 Å². The van der Waals surface area contributed by atoms with E-state index in [4.69, 9.17) is 0 Å². The summed E-state index contributed by atoms with van der Waals surface area (Å²) in [5, 5.41) is 14.8. The van der Waals surface area contributed by atoms with Gasteiger partial charge in [-0.15, -0.1) is 0 Å². The predicted molar refractivity (Wildman–Crippen MR) is 82.1 cm³/mol. The van der Waals surface area contributed by atoms with E-state index in [1.807, 2.05) is 13.2 Å². The minimum atomic E-state index is -0.926. The summed E-state index contributed by atoms with van der Waals surface area (Å²) in [7, 11) is 0. The third kappa shape index (κ3) is 5.61. The lowest BCUT2D eigenvalue weighted by atomic mass is 9.84. The van der Waals surface area contributed by atoms with Crippen molar-refractivity contribution in [3.8, 4) is 0 Å². The molecular formula is C14H26N2O3S. The Morgan fingerprint density at radius 3 is 2.40 bits per heavy atom. The van der Waals surface area contributed by atoms with Gasteiger partial charge in [-0.05, 0) is 31.4 Å². The summed E-state index contributed by atoms with van der Waals surface area (Å²) in [5.74, 6) is -0.0250. The first-order chi connectivity index (χ1) is 9.58. The molecule has 0 saturated heterocycles. The number of carbonyl (C=O) groups excluding carboxylic acids is 1. The van der Waals surface area contributed by atoms with Crippen molar-refractivity contribution in [1.29, 1.82) is 0 Å². The number of hydrogen-bond acceptors (Lipinski definition) is 3. The highest BCUT2D eigenvalue weighted by atomic mass is 32.2. The molecule has 0 aromatic rings. The molecule has 0 bridgehead atoms. The van der Waals surface area contributed by atoms with Gasteiger partial charge in [0.1, 0.15) is 6.04 Å². The van der Waals surface area contributed by atoms with Crippen molar-refractivity contribution < 1.29 is 14.7 Å². The maximum absolute atomic E-state index is 11.9. The molecule has 2 atom stereocenters. The lowest BCUT2D eigenvalue weighted by molar-refractivity contribution is -0.141. The Balaban J connectivity index is 2.51. The SMILES string of the molecule is CCC(CSC)NC(=O)NC(C(=O)O)C1CCCCC1. The first kappa shape index (κ1) is 17.1. The summed E-state index contributed by atoms with van der Waals surface area (Å²) in [4.78, 5) is 23.3. The van der Waals surface area contributed by atoms with E-state index < -0.39 is 12.0 Å². The second-order valence-corrected chi connectivity index (χ2v) is 6.30. The van der Waals surface area contributed by atoms with Gasteiger partial charge in [-0.3, -0.25) is 0 Å². The van der Waals surface area contributed by atoms with Gasteiger partial charge in [0.2, 0.25) is 0 Å². The molecular weight excluding hydrogens is 276 g/mol. The molecule has 3 N–H and O–H groups in total. The van der Waals surface area contributed by atoms with Crippen molar-refractivity contribution in [2.24, 2.45) is 5.92 Å². The molecule has 0 aromatic carbocycles. The number of carboxylic acids is 1. The minimum absolute atomic E-state index is 0.0626. The van der Waals surface area contributed by atoms with Crippen LogP contribution >= 0.6 is 11.8 Å². The summed E-state index contributed by atoms with van der Waals surface area (Å²) < 4.78 is 0. The number of amides is 2. The molecule has 6 heteroatoms. The Hall–Kier alpha value is -0.910. The Morgan fingerprint density at radius 2 is 1.90 bits per heavy atom. The fraction of sp³-hybridized carbons (Fsp3) is 0.857. The van der Waals surface area contributed by atoms with E-state index in [0.717, 1.165) is 37.9 Å². The number of nitrogens with one attached hydrogen (secondary N) is 2. The Bertz CT molecular complexity index is 320. The minimum Gasteiger partial charge on any atom is -0.480 e. The largest absolute Gasteiger partial charge is 0.480 e. The Morgan fingerprint density at radius 1 is 1.25 bits per heavy atom. The van der Waals surface area contributed by atoms with E-state index in [0.29, 0.717) is 0 Å². The zero-order valence-electron chi connectivity index (χ0n) is 12.4. The smallest absolute Gasteiger partial charge is 0.326 e. The molecule has 0 radical (unpaired) electrons. The molecule has 116 valence electrons. The van der Waals surface area contributed by atoms with Crippen molar-refractivity contribution in [3.63, 3.8) is 0 Å². The zero-order valence-corrected chi connectivity index (χ0v) is 13.2. The van der Waals surface area contributed by atoms with Crippen LogP contribution in [0.15, 0.2) is 0 Å². The normalized spacial score (nSPS) is 19.1. The summed E-state index contributed by atoms with van der Waals surface area (Å²) in [5.41, 5.74) is 0. The number of aliphatic carboxylic acids is 1. The van der Waals surface area contributed by atoms with E-state index in [-0.39, 0.29) is 18.0 Å². The lowest BCUT2D eigenvalue weighted by Gasteiger charge is -2.28. The van der Waals surface area contributed by atoms with Crippen LogP contribution in [-0.4, -0.2) is 41.2 Å². The maximum Gasteiger partial charge on any atom is 0.326 e. The second kappa shape index (κ2) is 9.10. The highest BCUT2D eigenvalue weighted by Gasteiger charge is 2.30. The molecule has 20 heavy (non-hydrogen) atoms. The van der Waals surface area contributed by atoms with Crippen LogP contribution in [0, 0.1) is 5.92 Å². The van der Waals surface area contributed by atoms with Gasteiger partial charge >= 0.3 is 12.0 Å². The highest BCUT2D eigenvalue weighted by Crippen LogP contribution is 2.26. The molecule has 1 aliphatic rings. The predicted octanol–water partition coefficient (Wildman–Crippen LogP) is 2.46. The maximum atomic E-state index is 11.9. The van der Waals surface area contributed by atoms with E-state index >= 15 is 0 Å². The fourth-order valence-corrected chi connectivity index (χ4v) is 3.40. The van der Waals surface area contributed by atoms with Crippen LogP contribution in [0.2, 0.25) is 0 Å². The van der Waals surface area contributed by atoms with Crippen molar-refractivity contribution in [2.45, 2.75) is 57.5 Å². The quantitative estimate of drug-likeness (QED) is 0.675. The van der Waals surface area contributed by atoms with Gasteiger partial charge in [0.25, 0.3) is 0 Å². The lowest BCUT2D eigenvalue weighted by Crippen LogP contribution is -2.52. The number of carbonyl (C=O) groups is 2. The molecule has 0 spiro atoms. The molecule has 0 heterocycles. The van der Waals surface area contributed by atoms with Gasteiger partial charge < -0.3 is 15.7 Å². The van der Waals surface area contributed by atoms with Gasteiger partial charge in [0.15, 0.2) is 0 Å². The molecule has 5 nitrogen and oxygen atoms in total. The van der Waals surface area contributed by atoms with Gasteiger partial charge in [0.05, 0.1) is 0 Å². The molecule has 1 aliphatic carbocycles. The van der Waals surface area contributed by atoms with Crippen molar-refractivity contribution in [2.75, 3.05) is 12.0 Å². The molecule has 2 unspecified atom stereocenters. The van der Waals surface area contributed by atoms with Crippen LogP contribution in [0.1, 0.15) is 45.4 Å². The third-order valence-electron chi connectivity index (χ3n) is 3.87. The van der Waals surface area contributed by atoms with E-state index in [9.17, 15) is 14.7 Å². The van der Waals surface area contributed by atoms with Gasteiger partial charge in [-0.25, -0.2) is 9.59 Å². The van der Waals surface area contributed by atoms with Crippen molar-refractivity contribution in [1.82, 2.24) is 10.6 Å². The molecule has 0 aromatic heterocycles. The monoisotopic (exact) mass is 302 g/mol. The number of thioether (sulfide) groups is 1. The van der Waals surface area contributed by atoms with E-state index in [1.165, 1.54) is 6.42 Å². The number of carboxylic acid groups (broad SMARTS) is 1. The van der Waals surface area contributed by atoms with Crippen molar-refractivity contribution in [3.05, 3.63) is 0 Å². The van der Waals surface area contributed by atoms with Crippen LogP contribution < -0.4 is 10.6 Å². The zero-order chi connectivity index (χ0) is 15.0. The van der Waals surface area contributed by atoms with Gasteiger partial charge in [-0.2, -0.15) is 11.8 Å². The first-order valence-electron chi connectivity index (χ1n) is 7.37. The topological polar surface area (TPSA) is 78.4 Å². The molecule has 1 saturated carbocycles. The van der Waals surface area contributed by atoms with Crippen LogP contribution in [-0.2, 0) is 4.79 Å². The molecule has 1 rings (SSSR count). The van der Waals surface area contributed by atoms with E-state index in [2.05, 4.69) is 10.6 Å². The third-order valence-corrected chi connectivity index (χ3v) is 4.61. The van der Waals surface area contributed by atoms with Gasteiger partial charge in [-0.1, -0.05) is 26.2 Å². The van der Waals surface area contributed by atoms with Crippen LogP contribution in [0.4, 0.5) is 4.79 Å². The highest BCUT2D eigenvalue weighted by molar-refractivity contribution is 7.98. The summed E-state index contributed by atoms with van der Waals surface area (Å²) >= 11 is 1.67. The number of urea groups is 1. The fourth-order valence-electron chi connectivity index (χ4n) is 2.68. The summed E-state index contributed by atoms with van der Waals surface area (Å²) in [6.45, 7) is 2.01. The molecule has 0 aliphatic heterocycles. The Labute approximate surface area is 125 Å². The summed E-state index contributed by atoms with van der Waals surface area (Å²) in [6, 6.07) is -1.03. The van der Waals surface area contributed by atoms with E-state index in [1.54, 1.807) is 11.8 Å². The summed E-state index contributed by atoms with van der Waals surface area (Å²) in [6.07, 6.45) is 7.89. The Kier molecular flexibility index (Phi) is 7.80. The first-order valence-corrected chi connectivity index (χ1v) is 8.76. The number of rotatable bonds is 7.